The molecule has 5 heteroatoms. The lowest BCUT2D eigenvalue weighted by Crippen LogP contribution is -2.36. The summed E-state index contributed by atoms with van der Waals surface area (Å²) >= 11 is 6.35. The van der Waals surface area contributed by atoms with E-state index in [0.717, 1.165) is 35.9 Å². The lowest BCUT2D eigenvalue weighted by Gasteiger charge is -2.30. The molecule has 0 aromatic carbocycles. The van der Waals surface area contributed by atoms with Gasteiger partial charge >= 0.3 is 0 Å². The Morgan fingerprint density at radius 3 is 2.75 bits per heavy atom. The number of hydrogen-bond acceptors (Lipinski definition) is 3. The first-order chi connectivity index (χ1) is 9.49. The highest BCUT2D eigenvalue weighted by molar-refractivity contribution is 6.30. The van der Waals surface area contributed by atoms with Crippen molar-refractivity contribution in [1.29, 1.82) is 0 Å². The molecule has 0 aliphatic carbocycles. The summed E-state index contributed by atoms with van der Waals surface area (Å²) in [5.41, 5.74) is 2.14. The third-order valence-electron chi connectivity index (χ3n) is 4.24. The normalized spacial score (nSPS) is 22.8. The zero-order valence-corrected chi connectivity index (χ0v) is 13.5. The molecule has 0 bridgehead atoms. The molecule has 1 saturated heterocycles. The SMILES string of the molecule is Cc1nn(C)c(Cl)c1CN1CCCCCC1CC(C)O. The van der Waals surface area contributed by atoms with Crippen molar-refractivity contribution in [2.75, 3.05) is 6.54 Å². The maximum atomic E-state index is 9.72. The van der Waals surface area contributed by atoms with Crippen LogP contribution in [0, 0.1) is 6.92 Å². The summed E-state index contributed by atoms with van der Waals surface area (Å²) in [5, 5.41) is 14.9. The summed E-state index contributed by atoms with van der Waals surface area (Å²) in [6.07, 6.45) is 5.54. The Hall–Kier alpha value is -0.580. The summed E-state index contributed by atoms with van der Waals surface area (Å²) in [5.74, 6) is 0. The molecule has 0 saturated carbocycles. The number of aryl methyl sites for hydroxylation is 2. The number of likely N-dealkylation sites (tertiary alicyclic amines) is 1. The van der Waals surface area contributed by atoms with Crippen molar-refractivity contribution in [3.05, 3.63) is 16.4 Å². The van der Waals surface area contributed by atoms with Crippen LogP contribution >= 0.6 is 11.6 Å². The highest BCUT2D eigenvalue weighted by Gasteiger charge is 2.24. The molecule has 1 N–H and O–H groups in total. The van der Waals surface area contributed by atoms with Crippen LogP contribution in [0.1, 0.15) is 50.3 Å². The number of halogens is 1. The highest BCUT2D eigenvalue weighted by Crippen LogP contribution is 2.26. The topological polar surface area (TPSA) is 41.3 Å². The maximum absolute atomic E-state index is 9.72. The second-order valence-corrected chi connectivity index (χ2v) is 6.39. The molecule has 20 heavy (non-hydrogen) atoms. The average Bonchev–Trinajstić information content (AvgIpc) is 2.56. The van der Waals surface area contributed by atoms with Gasteiger partial charge in [-0.3, -0.25) is 9.58 Å². The summed E-state index contributed by atoms with van der Waals surface area (Å²) < 4.78 is 1.74. The van der Waals surface area contributed by atoms with Gasteiger partial charge in [0.05, 0.1) is 11.8 Å². The van der Waals surface area contributed by atoms with Crippen LogP contribution in [0.3, 0.4) is 0 Å². The molecule has 1 aliphatic rings. The molecule has 0 radical (unpaired) electrons. The number of aliphatic hydroxyl groups is 1. The average molecular weight is 300 g/mol. The largest absolute Gasteiger partial charge is 0.393 e. The fourth-order valence-corrected chi connectivity index (χ4v) is 3.40. The van der Waals surface area contributed by atoms with Gasteiger partial charge in [-0.15, -0.1) is 0 Å². The molecule has 1 fully saturated rings. The third kappa shape index (κ3) is 3.74. The Morgan fingerprint density at radius 1 is 1.40 bits per heavy atom. The van der Waals surface area contributed by atoms with Crippen LogP contribution in [0.5, 0.6) is 0 Å². The number of hydrogen-bond donors (Lipinski definition) is 1. The Morgan fingerprint density at radius 2 is 2.15 bits per heavy atom. The van der Waals surface area contributed by atoms with Gasteiger partial charge in [0.2, 0.25) is 0 Å². The van der Waals surface area contributed by atoms with Gasteiger partial charge in [0.15, 0.2) is 0 Å². The van der Waals surface area contributed by atoms with Crippen molar-refractivity contribution in [1.82, 2.24) is 14.7 Å². The van der Waals surface area contributed by atoms with Gasteiger partial charge in [0, 0.05) is 25.2 Å². The summed E-state index contributed by atoms with van der Waals surface area (Å²) in [4.78, 5) is 2.48. The molecule has 2 rings (SSSR count). The molecule has 1 aromatic rings. The van der Waals surface area contributed by atoms with Gasteiger partial charge in [-0.1, -0.05) is 24.4 Å². The lowest BCUT2D eigenvalue weighted by molar-refractivity contribution is 0.108. The molecule has 0 amide bonds. The lowest BCUT2D eigenvalue weighted by atomic mass is 10.0. The first-order valence-electron chi connectivity index (χ1n) is 7.59. The first-order valence-corrected chi connectivity index (χ1v) is 7.97. The van der Waals surface area contributed by atoms with Gasteiger partial charge in [-0.25, -0.2) is 0 Å². The van der Waals surface area contributed by atoms with Crippen molar-refractivity contribution >= 4 is 11.6 Å². The molecule has 2 atom stereocenters. The van der Waals surface area contributed by atoms with E-state index in [9.17, 15) is 5.11 Å². The van der Waals surface area contributed by atoms with E-state index in [0.29, 0.717) is 6.04 Å². The number of aromatic nitrogens is 2. The van der Waals surface area contributed by atoms with Crippen LogP contribution < -0.4 is 0 Å². The minimum Gasteiger partial charge on any atom is -0.393 e. The van der Waals surface area contributed by atoms with Gasteiger partial charge in [-0.2, -0.15) is 5.10 Å². The Bertz CT molecular complexity index is 445. The zero-order chi connectivity index (χ0) is 14.7. The standard InChI is InChI=1S/C15H26ClN3O/c1-11(20)9-13-7-5-4-6-8-19(13)10-14-12(2)17-18(3)15(14)16/h11,13,20H,4-10H2,1-3H3. The first kappa shape index (κ1) is 15.8. The fourth-order valence-electron chi connectivity index (χ4n) is 3.16. The van der Waals surface area contributed by atoms with E-state index in [-0.39, 0.29) is 6.10 Å². The monoisotopic (exact) mass is 299 g/mol. The molecule has 0 spiro atoms. The smallest absolute Gasteiger partial charge is 0.131 e. The van der Waals surface area contributed by atoms with Crippen LogP contribution in [0.4, 0.5) is 0 Å². The Kier molecular flexibility index (Phi) is 5.47. The molecule has 2 unspecified atom stereocenters. The Labute approximate surface area is 126 Å². The predicted octanol–water partition coefficient (Wildman–Crippen LogP) is 2.90. The summed E-state index contributed by atoms with van der Waals surface area (Å²) in [7, 11) is 1.88. The van der Waals surface area contributed by atoms with Crippen LogP contribution in [0.25, 0.3) is 0 Å². The quantitative estimate of drug-likeness (QED) is 0.929. The van der Waals surface area contributed by atoms with E-state index in [1.165, 1.54) is 25.7 Å². The van der Waals surface area contributed by atoms with Gasteiger partial charge < -0.3 is 5.11 Å². The van der Waals surface area contributed by atoms with Crippen molar-refractivity contribution in [3.63, 3.8) is 0 Å². The van der Waals surface area contributed by atoms with E-state index in [4.69, 9.17) is 11.6 Å². The highest BCUT2D eigenvalue weighted by atomic mass is 35.5. The van der Waals surface area contributed by atoms with E-state index in [2.05, 4.69) is 10.00 Å². The molecular weight excluding hydrogens is 274 g/mol. The number of nitrogens with zero attached hydrogens (tertiary/aromatic N) is 3. The van der Waals surface area contributed by atoms with Crippen molar-refractivity contribution in [2.24, 2.45) is 7.05 Å². The van der Waals surface area contributed by atoms with E-state index < -0.39 is 0 Å². The van der Waals surface area contributed by atoms with Gasteiger partial charge in [0.25, 0.3) is 0 Å². The van der Waals surface area contributed by atoms with Crippen LogP contribution in [0.2, 0.25) is 5.15 Å². The van der Waals surface area contributed by atoms with Crippen LogP contribution in [0.15, 0.2) is 0 Å². The van der Waals surface area contributed by atoms with E-state index in [1.54, 1.807) is 4.68 Å². The third-order valence-corrected chi connectivity index (χ3v) is 4.72. The van der Waals surface area contributed by atoms with E-state index in [1.807, 2.05) is 20.9 Å². The number of rotatable bonds is 4. The molecule has 2 heterocycles. The van der Waals surface area contributed by atoms with Crippen LogP contribution in [-0.2, 0) is 13.6 Å². The Balaban J connectivity index is 2.14. The minimum atomic E-state index is -0.244. The van der Waals surface area contributed by atoms with Gasteiger partial charge in [-0.05, 0) is 39.7 Å². The maximum Gasteiger partial charge on any atom is 0.131 e. The van der Waals surface area contributed by atoms with Crippen LogP contribution in [-0.4, -0.2) is 38.5 Å². The molecule has 1 aliphatic heterocycles. The van der Waals surface area contributed by atoms with Crippen molar-refractivity contribution < 1.29 is 5.11 Å². The minimum absolute atomic E-state index is 0.244. The zero-order valence-electron chi connectivity index (χ0n) is 12.8. The second-order valence-electron chi connectivity index (χ2n) is 6.04. The molecular formula is C15H26ClN3O. The molecule has 4 nitrogen and oxygen atoms in total. The fraction of sp³-hybridized carbons (Fsp3) is 0.800. The summed E-state index contributed by atoms with van der Waals surface area (Å²) in [6, 6.07) is 0.452. The van der Waals surface area contributed by atoms with Gasteiger partial charge in [0.1, 0.15) is 5.15 Å². The van der Waals surface area contributed by atoms with Crippen molar-refractivity contribution in [3.8, 4) is 0 Å². The second kappa shape index (κ2) is 6.92. The predicted molar refractivity (Wildman–Crippen MR) is 81.9 cm³/mol. The van der Waals surface area contributed by atoms with Crippen molar-refractivity contribution in [2.45, 2.75) is 64.6 Å². The summed E-state index contributed by atoms with van der Waals surface area (Å²) in [6.45, 7) is 5.83. The number of aliphatic hydroxyl groups excluding tert-OH is 1. The molecule has 1 aromatic heterocycles. The molecule has 114 valence electrons. The van der Waals surface area contributed by atoms with E-state index >= 15 is 0 Å².